The Labute approximate surface area is 207 Å². The zero-order chi connectivity index (χ0) is 25.8. The number of aromatic nitrogens is 2. The molecule has 0 fully saturated rings. The average Bonchev–Trinajstić information content (AvgIpc) is 3.20. The fourth-order valence-electron chi connectivity index (χ4n) is 3.34. The number of nitrogens with one attached hydrogen (secondary N) is 1. The summed E-state index contributed by atoms with van der Waals surface area (Å²) in [6.45, 7) is 12.0. The van der Waals surface area contributed by atoms with E-state index >= 15 is 0 Å². The number of alkyl carbamates (subject to hydrolysis) is 1. The third kappa shape index (κ3) is 10.6. The summed E-state index contributed by atoms with van der Waals surface area (Å²) in [7, 11) is 1.96. The predicted octanol–water partition coefficient (Wildman–Crippen LogP) is 1.47. The second-order valence-electron chi connectivity index (χ2n) is 9.35. The third-order valence-corrected chi connectivity index (χ3v) is 5.12. The van der Waals surface area contributed by atoms with Gasteiger partial charge in [-0.2, -0.15) is 0 Å². The molecule has 0 spiro atoms. The third-order valence-electron chi connectivity index (χ3n) is 5.12. The van der Waals surface area contributed by atoms with Gasteiger partial charge in [-0.1, -0.05) is 6.08 Å². The lowest BCUT2D eigenvalue weighted by Gasteiger charge is -2.27. The van der Waals surface area contributed by atoms with Gasteiger partial charge in [0.25, 0.3) is 0 Å². The largest absolute Gasteiger partial charge is 0.444 e. The fourth-order valence-corrected chi connectivity index (χ4v) is 3.34. The first-order chi connectivity index (χ1) is 16.6. The van der Waals surface area contributed by atoms with Gasteiger partial charge in [-0.3, -0.25) is 9.59 Å². The maximum absolute atomic E-state index is 12.5. The molecule has 0 aromatic carbocycles. The number of imidazole rings is 1. The van der Waals surface area contributed by atoms with Crippen molar-refractivity contribution in [1.82, 2.24) is 24.7 Å². The normalized spacial score (nSPS) is 13.8. The Kier molecular flexibility index (Phi) is 11.4. The van der Waals surface area contributed by atoms with Gasteiger partial charge in [0.05, 0.1) is 39.2 Å². The summed E-state index contributed by atoms with van der Waals surface area (Å²) < 4.78 is 18.0. The topological polar surface area (TPSA) is 115 Å². The highest BCUT2D eigenvalue weighted by Gasteiger charge is 2.23. The maximum Gasteiger partial charge on any atom is 0.407 e. The molecule has 2 amide bonds. The minimum atomic E-state index is -0.515. The predicted molar refractivity (Wildman–Crippen MR) is 130 cm³/mol. The van der Waals surface area contributed by atoms with E-state index in [2.05, 4.69) is 15.2 Å². The molecule has 11 heteroatoms. The molecule has 2 rings (SSSR count). The van der Waals surface area contributed by atoms with Crippen LogP contribution >= 0.6 is 0 Å². The summed E-state index contributed by atoms with van der Waals surface area (Å²) in [5.74, 6) is 0.655. The second-order valence-corrected chi connectivity index (χ2v) is 9.35. The van der Waals surface area contributed by atoms with E-state index in [4.69, 9.17) is 14.2 Å². The molecule has 1 N–H and O–H groups in total. The number of fused-ring (bicyclic) bond motifs is 1. The van der Waals surface area contributed by atoms with Crippen LogP contribution in [0.15, 0.2) is 18.3 Å². The average molecular weight is 494 g/mol. The van der Waals surface area contributed by atoms with Crippen molar-refractivity contribution >= 4 is 17.8 Å². The van der Waals surface area contributed by atoms with Gasteiger partial charge in [0.1, 0.15) is 17.1 Å². The monoisotopic (exact) mass is 493 g/mol. The van der Waals surface area contributed by atoms with E-state index < -0.39 is 11.7 Å². The number of nitrogens with zero attached hydrogens (tertiary/aromatic N) is 4. The van der Waals surface area contributed by atoms with Crippen molar-refractivity contribution in [3.8, 4) is 0 Å². The number of hydrogen-bond donors (Lipinski definition) is 1. The Hall–Kier alpha value is -2.76. The summed E-state index contributed by atoms with van der Waals surface area (Å²) in [6.07, 6.45) is 4.54. The molecule has 1 aromatic rings. The smallest absolute Gasteiger partial charge is 0.407 e. The number of carbonyl (C=O) groups is 3. The van der Waals surface area contributed by atoms with Crippen LogP contribution in [0.5, 0.6) is 0 Å². The molecule has 0 unspecified atom stereocenters. The second kappa shape index (κ2) is 14.0. The minimum absolute atomic E-state index is 0.0180. The molecule has 1 aromatic heterocycles. The lowest BCUT2D eigenvalue weighted by Crippen LogP contribution is -2.38. The number of ketones is 1. The van der Waals surface area contributed by atoms with Crippen LogP contribution in [-0.2, 0) is 32.1 Å². The molecule has 0 radical (unpaired) electrons. The van der Waals surface area contributed by atoms with Crippen LogP contribution in [0.25, 0.3) is 0 Å². The van der Waals surface area contributed by atoms with Crippen molar-refractivity contribution in [2.24, 2.45) is 0 Å². The van der Waals surface area contributed by atoms with Crippen LogP contribution in [0.4, 0.5) is 4.79 Å². The summed E-state index contributed by atoms with van der Waals surface area (Å²) in [4.78, 5) is 43.7. The van der Waals surface area contributed by atoms with Gasteiger partial charge in [0, 0.05) is 45.7 Å². The van der Waals surface area contributed by atoms with Crippen LogP contribution in [0, 0.1) is 0 Å². The SMILES string of the molecule is CC(=O)c1cnc2n1CCN(C(=O)/C=C/CN(C)CCOCCOCCNC(=O)OC(C)(C)C)C2. The van der Waals surface area contributed by atoms with Gasteiger partial charge in [-0.05, 0) is 27.8 Å². The van der Waals surface area contributed by atoms with Gasteiger partial charge in [-0.25, -0.2) is 9.78 Å². The maximum atomic E-state index is 12.5. The lowest BCUT2D eigenvalue weighted by atomic mass is 10.2. The molecule has 11 nitrogen and oxygen atoms in total. The van der Waals surface area contributed by atoms with E-state index in [-0.39, 0.29) is 11.7 Å². The summed E-state index contributed by atoms with van der Waals surface area (Å²) in [5.41, 5.74) is 0.0755. The highest BCUT2D eigenvalue weighted by atomic mass is 16.6. The molecule has 196 valence electrons. The summed E-state index contributed by atoms with van der Waals surface area (Å²) in [6, 6.07) is 0. The van der Waals surface area contributed by atoms with Crippen molar-refractivity contribution in [1.29, 1.82) is 0 Å². The number of ether oxygens (including phenoxy) is 3. The quantitative estimate of drug-likeness (QED) is 0.250. The highest BCUT2D eigenvalue weighted by Crippen LogP contribution is 2.15. The van der Waals surface area contributed by atoms with Crippen LogP contribution in [0.1, 0.15) is 44.0 Å². The molecular formula is C24H39N5O6. The van der Waals surface area contributed by atoms with Gasteiger partial charge < -0.3 is 33.9 Å². The highest BCUT2D eigenvalue weighted by molar-refractivity contribution is 5.92. The summed E-state index contributed by atoms with van der Waals surface area (Å²) >= 11 is 0. The summed E-state index contributed by atoms with van der Waals surface area (Å²) in [5, 5.41) is 2.63. The van der Waals surface area contributed by atoms with Crippen molar-refractivity contribution in [2.45, 2.75) is 46.4 Å². The zero-order valence-electron chi connectivity index (χ0n) is 21.5. The molecule has 0 aliphatic carbocycles. The molecule has 1 aliphatic heterocycles. The molecule has 2 heterocycles. The number of amides is 2. The molecule has 0 bridgehead atoms. The van der Waals surface area contributed by atoms with Crippen LogP contribution in [0.2, 0.25) is 0 Å². The number of carbonyl (C=O) groups excluding carboxylic acids is 3. The lowest BCUT2D eigenvalue weighted by molar-refractivity contribution is -0.127. The van der Waals surface area contributed by atoms with E-state index in [0.717, 1.165) is 5.82 Å². The Bertz CT molecular complexity index is 876. The van der Waals surface area contributed by atoms with Crippen LogP contribution < -0.4 is 5.32 Å². The first-order valence-corrected chi connectivity index (χ1v) is 11.9. The Balaban J connectivity index is 1.51. The molecular weight excluding hydrogens is 454 g/mol. The Morgan fingerprint density at radius 1 is 1.14 bits per heavy atom. The van der Waals surface area contributed by atoms with E-state index in [1.54, 1.807) is 17.2 Å². The Morgan fingerprint density at radius 2 is 1.86 bits per heavy atom. The van der Waals surface area contributed by atoms with Crippen molar-refractivity contribution in [3.05, 3.63) is 29.9 Å². The van der Waals surface area contributed by atoms with Gasteiger partial charge in [0.15, 0.2) is 5.78 Å². The van der Waals surface area contributed by atoms with E-state index in [0.29, 0.717) is 71.4 Å². The van der Waals surface area contributed by atoms with E-state index in [1.807, 2.05) is 38.5 Å². The van der Waals surface area contributed by atoms with Gasteiger partial charge >= 0.3 is 6.09 Å². The molecule has 0 saturated heterocycles. The van der Waals surface area contributed by atoms with Crippen molar-refractivity contribution < 1.29 is 28.6 Å². The molecule has 1 aliphatic rings. The number of hydrogen-bond acceptors (Lipinski definition) is 8. The van der Waals surface area contributed by atoms with E-state index in [9.17, 15) is 14.4 Å². The van der Waals surface area contributed by atoms with Gasteiger partial charge in [0.2, 0.25) is 5.91 Å². The van der Waals surface area contributed by atoms with Crippen molar-refractivity contribution in [3.63, 3.8) is 0 Å². The zero-order valence-corrected chi connectivity index (χ0v) is 21.5. The van der Waals surface area contributed by atoms with Crippen LogP contribution in [-0.4, -0.2) is 102 Å². The fraction of sp³-hybridized carbons (Fsp3) is 0.667. The van der Waals surface area contributed by atoms with Gasteiger partial charge in [-0.15, -0.1) is 0 Å². The first kappa shape index (κ1) is 28.5. The number of Topliss-reactive ketones (excluding diaryl/α,β-unsaturated/α-hetero) is 1. The number of likely N-dealkylation sites (N-methyl/N-ethyl adjacent to an activating group) is 1. The minimum Gasteiger partial charge on any atom is -0.444 e. The van der Waals surface area contributed by atoms with E-state index in [1.165, 1.54) is 6.92 Å². The van der Waals surface area contributed by atoms with Crippen molar-refractivity contribution in [2.75, 3.05) is 59.7 Å². The first-order valence-electron chi connectivity index (χ1n) is 11.9. The number of rotatable bonds is 13. The Morgan fingerprint density at radius 3 is 2.54 bits per heavy atom. The molecule has 0 saturated carbocycles. The molecule has 0 atom stereocenters. The van der Waals surface area contributed by atoms with Crippen LogP contribution in [0.3, 0.4) is 0 Å². The standard InChI is InChI=1S/C24H39N5O6/c1-19(30)20-17-26-21-18-28(10-11-29(20)21)22(31)7-6-9-27(5)12-14-34-16-15-33-13-8-25-23(32)35-24(2,3)4/h6-7,17H,8-16,18H2,1-5H3,(H,25,32)/b7-6+. The molecule has 35 heavy (non-hydrogen) atoms.